The largest absolute Gasteiger partial charge is 0.393 e. The van der Waals surface area contributed by atoms with Gasteiger partial charge in [0.1, 0.15) is 0 Å². The highest BCUT2D eigenvalue weighted by Gasteiger charge is 2.17. The fraction of sp³-hybridized carbons (Fsp3) is 1.00. The van der Waals surface area contributed by atoms with E-state index in [1.54, 1.807) is 14.0 Å². The van der Waals surface area contributed by atoms with Crippen LogP contribution in [0.4, 0.5) is 0 Å². The third kappa shape index (κ3) is 7.11. The van der Waals surface area contributed by atoms with Crippen LogP contribution in [0.5, 0.6) is 0 Å². The Balaban J connectivity index is 3.97. The molecule has 1 N–H and O–H groups in total. The zero-order valence-corrected chi connectivity index (χ0v) is 10.9. The number of hydrogen-bond donors (Lipinski definition) is 1. The molecule has 0 saturated heterocycles. The second kappa shape index (κ2) is 7.44. The molecule has 1 unspecified atom stereocenters. The summed E-state index contributed by atoms with van der Waals surface area (Å²) < 4.78 is 24.5. The Labute approximate surface area is 97.3 Å². The van der Waals surface area contributed by atoms with Gasteiger partial charge in [0.25, 0.3) is 0 Å². The fourth-order valence-corrected chi connectivity index (χ4v) is 2.50. The van der Waals surface area contributed by atoms with Gasteiger partial charge in [-0.25, -0.2) is 12.7 Å². The van der Waals surface area contributed by atoms with Crippen molar-refractivity contribution in [2.45, 2.75) is 32.3 Å². The van der Waals surface area contributed by atoms with Gasteiger partial charge >= 0.3 is 0 Å². The minimum atomic E-state index is -3.16. The van der Waals surface area contributed by atoms with Gasteiger partial charge in [0.2, 0.25) is 10.0 Å². The third-order valence-electron chi connectivity index (χ3n) is 2.12. The van der Waals surface area contributed by atoms with Gasteiger partial charge in [0.15, 0.2) is 0 Å². The SMILES string of the molecule is CC(O)CCN(C)S(=O)(=O)CCCCCl. The molecule has 0 spiro atoms. The summed E-state index contributed by atoms with van der Waals surface area (Å²) in [5, 5.41) is 9.04. The average molecular weight is 258 g/mol. The summed E-state index contributed by atoms with van der Waals surface area (Å²) >= 11 is 5.47. The first-order valence-electron chi connectivity index (χ1n) is 5.08. The second-order valence-electron chi connectivity index (χ2n) is 3.67. The molecule has 0 heterocycles. The molecule has 92 valence electrons. The summed E-state index contributed by atoms with van der Waals surface area (Å²) in [6.07, 6.45) is 1.30. The van der Waals surface area contributed by atoms with Gasteiger partial charge in [-0.3, -0.25) is 0 Å². The average Bonchev–Trinajstić information content (AvgIpc) is 2.14. The highest BCUT2D eigenvalue weighted by molar-refractivity contribution is 7.89. The van der Waals surface area contributed by atoms with Crippen LogP contribution < -0.4 is 0 Å². The minimum absolute atomic E-state index is 0.135. The van der Waals surface area contributed by atoms with Crippen LogP contribution in [-0.2, 0) is 10.0 Å². The van der Waals surface area contributed by atoms with Gasteiger partial charge in [-0.1, -0.05) is 0 Å². The van der Waals surface area contributed by atoms with Gasteiger partial charge in [-0.05, 0) is 26.2 Å². The highest BCUT2D eigenvalue weighted by atomic mass is 35.5. The van der Waals surface area contributed by atoms with Crippen molar-refractivity contribution >= 4 is 21.6 Å². The van der Waals surface area contributed by atoms with E-state index in [0.717, 1.165) is 0 Å². The summed E-state index contributed by atoms with van der Waals surface area (Å²) in [7, 11) is -1.62. The summed E-state index contributed by atoms with van der Waals surface area (Å²) in [6, 6.07) is 0. The highest BCUT2D eigenvalue weighted by Crippen LogP contribution is 2.05. The van der Waals surface area contributed by atoms with E-state index in [0.29, 0.717) is 31.7 Å². The first-order chi connectivity index (χ1) is 6.90. The number of unbranched alkanes of at least 4 members (excludes halogenated alkanes) is 1. The van der Waals surface area contributed by atoms with E-state index < -0.39 is 16.1 Å². The molecule has 0 radical (unpaired) electrons. The fourth-order valence-electron chi connectivity index (χ4n) is 1.04. The molecule has 0 aliphatic rings. The van der Waals surface area contributed by atoms with Crippen molar-refractivity contribution in [2.75, 3.05) is 25.2 Å². The van der Waals surface area contributed by atoms with Crippen molar-refractivity contribution in [1.29, 1.82) is 0 Å². The van der Waals surface area contributed by atoms with E-state index in [1.807, 2.05) is 0 Å². The van der Waals surface area contributed by atoms with Crippen LogP contribution in [0.3, 0.4) is 0 Å². The lowest BCUT2D eigenvalue weighted by Gasteiger charge is -2.17. The van der Waals surface area contributed by atoms with Crippen molar-refractivity contribution in [3.05, 3.63) is 0 Å². The predicted octanol–water partition coefficient (Wildman–Crippen LogP) is 1.04. The van der Waals surface area contributed by atoms with Gasteiger partial charge in [-0.15, -0.1) is 11.6 Å². The molecule has 0 aromatic heterocycles. The van der Waals surface area contributed by atoms with E-state index in [9.17, 15) is 8.42 Å². The number of rotatable bonds is 8. The zero-order valence-electron chi connectivity index (χ0n) is 9.32. The number of alkyl halides is 1. The molecule has 15 heavy (non-hydrogen) atoms. The van der Waals surface area contributed by atoms with E-state index in [1.165, 1.54) is 4.31 Å². The molecule has 0 aliphatic carbocycles. The summed E-state index contributed by atoms with van der Waals surface area (Å²) in [5.74, 6) is 0.628. The van der Waals surface area contributed by atoms with Crippen LogP contribution in [0.1, 0.15) is 26.2 Å². The monoisotopic (exact) mass is 257 g/mol. The van der Waals surface area contributed by atoms with E-state index in [-0.39, 0.29) is 5.75 Å². The molecule has 0 aromatic carbocycles. The molecule has 0 aromatic rings. The maximum atomic E-state index is 11.6. The molecule has 0 saturated carbocycles. The lowest BCUT2D eigenvalue weighted by Crippen LogP contribution is -2.31. The molecule has 4 nitrogen and oxygen atoms in total. The van der Waals surface area contributed by atoms with Gasteiger partial charge < -0.3 is 5.11 Å². The standard InChI is InChI=1S/C9H20ClNO3S/c1-9(12)5-7-11(2)15(13,14)8-4-3-6-10/h9,12H,3-8H2,1-2H3. The summed E-state index contributed by atoms with van der Waals surface area (Å²) in [6.45, 7) is 2.01. The number of halogens is 1. The number of hydrogen-bond acceptors (Lipinski definition) is 3. The number of aliphatic hydroxyl groups is 1. The van der Waals surface area contributed by atoms with Crippen molar-refractivity contribution < 1.29 is 13.5 Å². The Hall–Kier alpha value is 0.160. The van der Waals surface area contributed by atoms with Crippen LogP contribution in [0, 0.1) is 0 Å². The molecular weight excluding hydrogens is 238 g/mol. The van der Waals surface area contributed by atoms with Crippen molar-refractivity contribution in [2.24, 2.45) is 0 Å². The molecule has 1 atom stereocenters. The third-order valence-corrected chi connectivity index (χ3v) is 4.33. The Morgan fingerprint density at radius 3 is 2.47 bits per heavy atom. The Morgan fingerprint density at radius 1 is 1.40 bits per heavy atom. The predicted molar refractivity (Wildman–Crippen MR) is 62.7 cm³/mol. The normalized spacial score (nSPS) is 14.5. The minimum Gasteiger partial charge on any atom is -0.393 e. The van der Waals surface area contributed by atoms with Crippen LogP contribution in [0.2, 0.25) is 0 Å². The molecule has 0 rings (SSSR count). The van der Waals surface area contributed by atoms with E-state index in [2.05, 4.69) is 0 Å². The smallest absolute Gasteiger partial charge is 0.213 e. The Morgan fingerprint density at radius 2 is 2.00 bits per heavy atom. The summed E-state index contributed by atoms with van der Waals surface area (Å²) in [5.41, 5.74) is 0. The Bertz CT molecular complexity index is 254. The topological polar surface area (TPSA) is 57.6 Å². The maximum absolute atomic E-state index is 11.6. The molecule has 0 amide bonds. The molecule has 0 fully saturated rings. The zero-order chi connectivity index (χ0) is 11.9. The Kier molecular flexibility index (Phi) is 7.52. The van der Waals surface area contributed by atoms with Crippen molar-refractivity contribution in [1.82, 2.24) is 4.31 Å². The lowest BCUT2D eigenvalue weighted by atomic mass is 10.3. The van der Waals surface area contributed by atoms with Gasteiger partial charge in [-0.2, -0.15) is 0 Å². The molecule has 0 aliphatic heterocycles. The number of nitrogens with zero attached hydrogens (tertiary/aromatic N) is 1. The van der Waals surface area contributed by atoms with Crippen LogP contribution in [-0.4, -0.2) is 49.2 Å². The number of aliphatic hydroxyl groups excluding tert-OH is 1. The van der Waals surface area contributed by atoms with Crippen molar-refractivity contribution in [3.63, 3.8) is 0 Å². The van der Waals surface area contributed by atoms with E-state index >= 15 is 0 Å². The maximum Gasteiger partial charge on any atom is 0.213 e. The van der Waals surface area contributed by atoms with Gasteiger partial charge in [0.05, 0.1) is 11.9 Å². The quantitative estimate of drug-likeness (QED) is 0.522. The molecule has 6 heteroatoms. The first kappa shape index (κ1) is 15.2. The second-order valence-corrected chi connectivity index (χ2v) is 6.24. The van der Waals surface area contributed by atoms with Crippen LogP contribution >= 0.6 is 11.6 Å². The summed E-state index contributed by atoms with van der Waals surface area (Å²) in [4.78, 5) is 0. The molecule has 0 bridgehead atoms. The molecular formula is C9H20ClNO3S. The van der Waals surface area contributed by atoms with Crippen LogP contribution in [0.25, 0.3) is 0 Å². The van der Waals surface area contributed by atoms with Crippen LogP contribution in [0.15, 0.2) is 0 Å². The lowest BCUT2D eigenvalue weighted by molar-refractivity contribution is 0.177. The van der Waals surface area contributed by atoms with Gasteiger partial charge in [0, 0.05) is 19.5 Å². The van der Waals surface area contributed by atoms with E-state index in [4.69, 9.17) is 16.7 Å². The number of sulfonamides is 1. The van der Waals surface area contributed by atoms with Crippen molar-refractivity contribution in [3.8, 4) is 0 Å². The first-order valence-corrected chi connectivity index (χ1v) is 7.22.